The lowest BCUT2D eigenvalue weighted by atomic mass is 10.3. The standard InChI is InChI=1S/C14H17FN2O4/c1-2-3-14(20)21-9-13(19)16-8-12(18)17-11-6-4-10(15)5-7-11/h4-7H,2-3,8-9H2,1H3,(H,16,19)(H,17,18). The normalized spacial score (nSPS) is 9.81. The molecule has 21 heavy (non-hydrogen) atoms. The summed E-state index contributed by atoms with van der Waals surface area (Å²) in [4.78, 5) is 33.9. The molecule has 0 unspecified atom stereocenters. The van der Waals surface area contributed by atoms with Crippen LogP contribution in [0.4, 0.5) is 10.1 Å². The van der Waals surface area contributed by atoms with Gasteiger partial charge in [-0.3, -0.25) is 14.4 Å². The Bertz CT molecular complexity index is 502. The third kappa shape index (κ3) is 7.05. The van der Waals surface area contributed by atoms with E-state index in [0.717, 1.165) is 0 Å². The lowest BCUT2D eigenvalue weighted by Crippen LogP contribution is -2.35. The van der Waals surface area contributed by atoms with Crippen molar-refractivity contribution in [3.8, 4) is 0 Å². The molecule has 0 heterocycles. The lowest BCUT2D eigenvalue weighted by Gasteiger charge is -2.07. The summed E-state index contributed by atoms with van der Waals surface area (Å²) in [5.41, 5.74) is 0.421. The molecule has 1 aromatic carbocycles. The Morgan fingerprint density at radius 3 is 2.43 bits per heavy atom. The zero-order valence-electron chi connectivity index (χ0n) is 11.6. The van der Waals surface area contributed by atoms with Gasteiger partial charge in [0.2, 0.25) is 5.91 Å². The van der Waals surface area contributed by atoms with Crippen molar-refractivity contribution in [2.24, 2.45) is 0 Å². The number of hydrogen-bond donors (Lipinski definition) is 2. The van der Waals surface area contributed by atoms with Gasteiger partial charge in [0.25, 0.3) is 5.91 Å². The minimum Gasteiger partial charge on any atom is -0.456 e. The van der Waals surface area contributed by atoms with Crippen LogP contribution in [0, 0.1) is 5.82 Å². The third-order valence-corrected chi connectivity index (χ3v) is 2.39. The molecule has 0 saturated heterocycles. The summed E-state index contributed by atoms with van der Waals surface area (Å²) in [6, 6.07) is 5.23. The molecule has 6 nitrogen and oxygen atoms in total. The fourth-order valence-electron chi connectivity index (χ4n) is 1.39. The van der Waals surface area contributed by atoms with E-state index >= 15 is 0 Å². The molecule has 0 radical (unpaired) electrons. The van der Waals surface area contributed by atoms with Crippen molar-refractivity contribution in [1.29, 1.82) is 0 Å². The van der Waals surface area contributed by atoms with E-state index in [2.05, 4.69) is 15.4 Å². The van der Waals surface area contributed by atoms with Crippen molar-refractivity contribution in [3.05, 3.63) is 30.1 Å². The van der Waals surface area contributed by atoms with E-state index in [1.807, 2.05) is 6.92 Å². The van der Waals surface area contributed by atoms with Crippen LogP contribution in [0.5, 0.6) is 0 Å². The number of ether oxygens (including phenoxy) is 1. The van der Waals surface area contributed by atoms with Gasteiger partial charge in [-0.1, -0.05) is 6.92 Å². The average Bonchev–Trinajstić information content (AvgIpc) is 2.46. The molecule has 0 fully saturated rings. The smallest absolute Gasteiger partial charge is 0.306 e. The maximum Gasteiger partial charge on any atom is 0.306 e. The van der Waals surface area contributed by atoms with E-state index in [4.69, 9.17) is 0 Å². The molecule has 0 aliphatic carbocycles. The highest BCUT2D eigenvalue weighted by atomic mass is 19.1. The summed E-state index contributed by atoms with van der Waals surface area (Å²) in [7, 11) is 0. The molecule has 0 bridgehead atoms. The monoisotopic (exact) mass is 296 g/mol. The van der Waals surface area contributed by atoms with Crippen LogP contribution in [0.15, 0.2) is 24.3 Å². The molecule has 0 saturated carbocycles. The fourth-order valence-corrected chi connectivity index (χ4v) is 1.39. The second kappa shape index (κ2) is 8.68. The third-order valence-electron chi connectivity index (χ3n) is 2.39. The second-order valence-electron chi connectivity index (χ2n) is 4.24. The number of carbonyl (C=O) groups is 3. The Kier molecular flexibility index (Phi) is 6.86. The van der Waals surface area contributed by atoms with Crippen molar-refractivity contribution in [1.82, 2.24) is 5.32 Å². The molecule has 0 spiro atoms. The van der Waals surface area contributed by atoms with Gasteiger partial charge in [-0.05, 0) is 30.7 Å². The minimum atomic E-state index is -0.561. The number of rotatable bonds is 7. The molecule has 2 N–H and O–H groups in total. The summed E-state index contributed by atoms with van der Waals surface area (Å²) in [5, 5.41) is 4.79. The fraction of sp³-hybridized carbons (Fsp3) is 0.357. The van der Waals surface area contributed by atoms with Crippen LogP contribution in [0.25, 0.3) is 0 Å². The predicted octanol–water partition coefficient (Wildman–Crippen LogP) is 1.22. The molecule has 0 aromatic heterocycles. The number of carbonyl (C=O) groups excluding carboxylic acids is 3. The van der Waals surface area contributed by atoms with E-state index < -0.39 is 30.2 Å². The zero-order chi connectivity index (χ0) is 15.7. The van der Waals surface area contributed by atoms with Gasteiger partial charge in [-0.25, -0.2) is 4.39 Å². The first-order valence-electron chi connectivity index (χ1n) is 6.49. The van der Waals surface area contributed by atoms with E-state index in [0.29, 0.717) is 12.1 Å². The van der Waals surface area contributed by atoms with Crippen molar-refractivity contribution in [3.63, 3.8) is 0 Å². The van der Waals surface area contributed by atoms with Gasteiger partial charge >= 0.3 is 5.97 Å². The molecular formula is C14H17FN2O4. The number of nitrogens with one attached hydrogen (secondary N) is 2. The van der Waals surface area contributed by atoms with Crippen LogP contribution >= 0.6 is 0 Å². The van der Waals surface area contributed by atoms with Gasteiger partial charge in [0.15, 0.2) is 6.61 Å². The highest BCUT2D eigenvalue weighted by Gasteiger charge is 2.08. The Hall–Kier alpha value is -2.44. The topological polar surface area (TPSA) is 84.5 Å². The number of esters is 1. The first-order valence-corrected chi connectivity index (χ1v) is 6.49. The summed E-state index contributed by atoms with van der Waals surface area (Å²) in [6.07, 6.45) is 0.888. The first kappa shape index (κ1) is 16.6. The zero-order valence-corrected chi connectivity index (χ0v) is 11.6. The molecule has 114 valence electrons. The average molecular weight is 296 g/mol. The van der Waals surface area contributed by atoms with Crippen molar-refractivity contribution >= 4 is 23.5 Å². The summed E-state index contributed by atoms with van der Waals surface area (Å²) < 4.78 is 17.4. The van der Waals surface area contributed by atoms with Crippen molar-refractivity contribution in [2.45, 2.75) is 19.8 Å². The first-order chi connectivity index (χ1) is 10.0. The van der Waals surface area contributed by atoms with Gasteiger partial charge in [-0.15, -0.1) is 0 Å². The summed E-state index contributed by atoms with van der Waals surface area (Å²) in [5.74, 6) is -1.89. The Balaban J connectivity index is 2.24. The quantitative estimate of drug-likeness (QED) is 0.741. The Morgan fingerprint density at radius 1 is 1.14 bits per heavy atom. The van der Waals surface area contributed by atoms with E-state index in [-0.39, 0.29) is 13.0 Å². The maximum atomic E-state index is 12.7. The lowest BCUT2D eigenvalue weighted by molar-refractivity contribution is -0.148. The Labute approximate surface area is 121 Å². The molecule has 0 aliphatic rings. The number of halogens is 1. The van der Waals surface area contributed by atoms with Crippen LogP contribution in [0.3, 0.4) is 0 Å². The van der Waals surface area contributed by atoms with Crippen LogP contribution in [0.1, 0.15) is 19.8 Å². The second-order valence-corrected chi connectivity index (χ2v) is 4.24. The van der Waals surface area contributed by atoms with Crippen LogP contribution < -0.4 is 10.6 Å². The molecule has 1 aromatic rings. The highest BCUT2D eigenvalue weighted by Crippen LogP contribution is 2.07. The van der Waals surface area contributed by atoms with Crippen molar-refractivity contribution in [2.75, 3.05) is 18.5 Å². The summed E-state index contributed by atoms with van der Waals surface area (Å²) in [6.45, 7) is 1.14. The molecule has 1 rings (SSSR count). The van der Waals surface area contributed by atoms with Gasteiger partial charge in [-0.2, -0.15) is 0 Å². The van der Waals surface area contributed by atoms with Crippen LogP contribution in [0.2, 0.25) is 0 Å². The predicted molar refractivity (Wildman–Crippen MR) is 73.9 cm³/mol. The van der Waals surface area contributed by atoms with Gasteiger partial charge < -0.3 is 15.4 Å². The molecule has 7 heteroatoms. The van der Waals surface area contributed by atoms with E-state index in [9.17, 15) is 18.8 Å². The van der Waals surface area contributed by atoms with Crippen LogP contribution in [-0.2, 0) is 19.1 Å². The molecule has 0 atom stereocenters. The number of hydrogen-bond acceptors (Lipinski definition) is 4. The van der Waals surface area contributed by atoms with Gasteiger partial charge in [0, 0.05) is 12.1 Å². The van der Waals surface area contributed by atoms with Crippen molar-refractivity contribution < 1.29 is 23.5 Å². The SMILES string of the molecule is CCCC(=O)OCC(=O)NCC(=O)Nc1ccc(F)cc1. The van der Waals surface area contributed by atoms with Crippen LogP contribution in [-0.4, -0.2) is 30.9 Å². The number of anilines is 1. The summed E-state index contributed by atoms with van der Waals surface area (Å²) >= 11 is 0. The van der Waals surface area contributed by atoms with E-state index in [1.54, 1.807) is 0 Å². The minimum absolute atomic E-state index is 0.248. The number of amides is 2. The molecule has 2 amide bonds. The van der Waals surface area contributed by atoms with Gasteiger partial charge in [0.05, 0.1) is 6.54 Å². The highest BCUT2D eigenvalue weighted by molar-refractivity contribution is 5.94. The molecular weight excluding hydrogens is 279 g/mol. The molecule has 0 aliphatic heterocycles. The van der Waals surface area contributed by atoms with E-state index in [1.165, 1.54) is 24.3 Å². The maximum absolute atomic E-state index is 12.7. The number of benzene rings is 1. The Morgan fingerprint density at radius 2 is 1.81 bits per heavy atom. The largest absolute Gasteiger partial charge is 0.456 e. The van der Waals surface area contributed by atoms with Gasteiger partial charge in [0.1, 0.15) is 5.82 Å².